The fraction of sp³-hybridized carbons (Fsp3) is 0.500. The average molecular weight is 311 g/mol. The zero-order chi connectivity index (χ0) is 16.1. The van der Waals surface area contributed by atoms with Gasteiger partial charge in [0.25, 0.3) is 0 Å². The van der Waals surface area contributed by atoms with Gasteiger partial charge in [-0.05, 0) is 28.1 Å². The number of rotatable bonds is 7. The number of nitrogens with zero attached hydrogens (tertiary/aromatic N) is 5. The van der Waals surface area contributed by atoms with Crippen molar-refractivity contribution in [3.8, 4) is 5.75 Å². The summed E-state index contributed by atoms with van der Waals surface area (Å²) in [6.45, 7) is 2.08. The lowest BCUT2D eigenvalue weighted by atomic mass is 10.2. The van der Waals surface area contributed by atoms with Crippen molar-refractivity contribution in [2.75, 3.05) is 19.1 Å². The maximum absolute atomic E-state index is 12.7. The van der Waals surface area contributed by atoms with Crippen molar-refractivity contribution in [2.24, 2.45) is 5.92 Å². The molecule has 1 unspecified atom stereocenters. The summed E-state index contributed by atoms with van der Waals surface area (Å²) in [7, 11) is 3.42. The van der Waals surface area contributed by atoms with Gasteiger partial charge in [0.05, 0.1) is 13.7 Å². The summed E-state index contributed by atoms with van der Waals surface area (Å²) in [5, 5.41) is 11.3. The number of alkyl halides is 2. The van der Waals surface area contributed by atoms with Crippen LogP contribution >= 0.6 is 0 Å². The second kappa shape index (κ2) is 7.15. The number of benzene rings is 1. The van der Waals surface area contributed by atoms with Crippen LogP contribution in [0.5, 0.6) is 5.75 Å². The number of tetrazole rings is 1. The molecular formula is C14H19F2N5O. The zero-order valence-electron chi connectivity index (χ0n) is 12.8. The van der Waals surface area contributed by atoms with Crippen LogP contribution in [0.25, 0.3) is 0 Å². The highest BCUT2D eigenvalue weighted by atomic mass is 19.3. The van der Waals surface area contributed by atoms with E-state index >= 15 is 0 Å². The minimum Gasteiger partial charge on any atom is -0.497 e. The number of aromatic nitrogens is 4. The summed E-state index contributed by atoms with van der Waals surface area (Å²) in [5.74, 6) is 0.402. The van der Waals surface area contributed by atoms with Crippen molar-refractivity contribution >= 4 is 5.95 Å². The van der Waals surface area contributed by atoms with Crippen LogP contribution in [0.15, 0.2) is 24.3 Å². The Morgan fingerprint density at radius 1 is 1.36 bits per heavy atom. The molecule has 6 nitrogen and oxygen atoms in total. The first-order valence-electron chi connectivity index (χ1n) is 6.89. The van der Waals surface area contributed by atoms with Crippen molar-refractivity contribution in [3.05, 3.63) is 29.8 Å². The van der Waals surface area contributed by atoms with Gasteiger partial charge in [-0.25, -0.2) is 13.5 Å². The maximum Gasteiger partial charge on any atom is 0.245 e. The zero-order valence-corrected chi connectivity index (χ0v) is 12.8. The monoisotopic (exact) mass is 311 g/mol. The van der Waals surface area contributed by atoms with E-state index < -0.39 is 12.3 Å². The number of halogens is 2. The van der Waals surface area contributed by atoms with E-state index in [1.807, 2.05) is 36.2 Å². The topological polar surface area (TPSA) is 56.1 Å². The molecule has 2 rings (SSSR count). The normalized spacial score (nSPS) is 12.5. The van der Waals surface area contributed by atoms with E-state index in [4.69, 9.17) is 4.74 Å². The number of methoxy groups -OCH3 is 1. The molecule has 0 N–H and O–H groups in total. The molecule has 0 aliphatic carbocycles. The molecule has 0 amide bonds. The van der Waals surface area contributed by atoms with E-state index in [-0.39, 0.29) is 6.54 Å². The predicted molar refractivity (Wildman–Crippen MR) is 78.1 cm³/mol. The molecule has 0 spiro atoms. The molecule has 1 aromatic heterocycles. The molecule has 0 aliphatic rings. The van der Waals surface area contributed by atoms with Gasteiger partial charge in [0.1, 0.15) is 5.75 Å². The molecule has 2 aromatic rings. The highest BCUT2D eigenvalue weighted by Gasteiger charge is 2.19. The Bertz CT molecular complexity index is 604. The summed E-state index contributed by atoms with van der Waals surface area (Å²) >= 11 is 0. The van der Waals surface area contributed by atoms with Crippen LogP contribution in [-0.2, 0) is 13.1 Å². The Kier molecular flexibility index (Phi) is 5.24. The fourth-order valence-electron chi connectivity index (χ4n) is 2.06. The summed E-state index contributed by atoms with van der Waals surface area (Å²) in [6, 6.07) is 7.61. The van der Waals surface area contributed by atoms with Crippen molar-refractivity contribution in [3.63, 3.8) is 0 Å². The molecule has 0 saturated heterocycles. The van der Waals surface area contributed by atoms with Gasteiger partial charge in [0.15, 0.2) is 0 Å². The SMILES string of the molecule is COc1cccc(CN(C)c2nnnn2CC(C)C(F)F)c1. The molecule has 0 saturated carbocycles. The Hall–Kier alpha value is -2.25. The molecule has 120 valence electrons. The second-order valence-corrected chi connectivity index (χ2v) is 5.18. The van der Waals surface area contributed by atoms with Crippen LogP contribution < -0.4 is 9.64 Å². The lowest BCUT2D eigenvalue weighted by Gasteiger charge is -2.19. The van der Waals surface area contributed by atoms with Crippen LogP contribution in [0, 0.1) is 5.92 Å². The summed E-state index contributed by atoms with van der Waals surface area (Å²) < 4.78 is 31.9. The van der Waals surface area contributed by atoms with Crippen LogP contribution in [0.1, 0.15) is 12.5 Å². The lowest BCUT2D eigenvalue weighted by molar-refractivity contribution is 0.0752. The van der Waals surface area contributed by atoms with Crippen molar-refractivity contribution in [1.82, 2.24) is 20.2 Å². The van der Waals surface area contributed by atoms with Gasteiger partial charge in [0, 0.05) is 19.5 Å². The molecule has 1 heterocycles. The Labute approximate surface area is 127 Å². The first-order valence-corrected chi connectivity index (χ1v) is 6.89. The van der Waals surface area contributed by atoms with Crippen LogP contribution in [-0.4, -0.2) is 40.8 Å². The Morgan fingerprint density at radius 3 is 2.82 bits per heavy atom. The van der Waals surface area contributed by atoms with Crippen molar-refractivity contribution < 1.29 is 13.5 Å². The molecule has 0 radical (unpaired) electrons. The van der Waals surface area contributed by atoms with E-state index in [0.717, 1.165) is 11.3 Å². The molecule has 0 aliphatic heterocycles. The van der Waals surface area contributed by atoms with Gasteiger partial charge in [-0.15, -0.1) is 0 Å². The molecule has 0 bridgehead atoms. The molecular weight excluding hydrogens is 292 g/mol. The summed E-state index contributed by atoms with van der Waals surface area (Å²) in [5.41, 5.74) is 1.01. The third kappa shape index (κ3) is 3.90. The predicted octanol–water partition coefficient (Wildman–Crippen LogP) is 2.22. The fourth-order valence-corrected chi connectivity index (χ4v) is 2.06. The quantitative estimate of drug-likeness (QED) is 0.785. The molecule has 1 aromatic carbocycles. The summed E-state index contributed by atoms with van der Waals surface area (Å²) in [4.78, 5) is 1.81. The smallest absolute Gasteiger partial charge is 0.245 e. The lowest BCUT2D eigenvalue weighted by Crippen LogP contribution is -2.24. The van der Waals surface area contributed by atoms with Gasteiger partial charge >= 0.3 is 0 Å². The van der Waals surface area contributed by atoms with Crippen LogP contribution in [0.4, 0.5) is 14.7 Å². The third-order valence-electron chi connectivity index (χ3n) is 3.30. The first kappa shape index (κ1) is 16.1. The van der Waals surface area contributed by atoms with Crippen molar-refractivity contribution in [1.29, 1.82) is 0 Å². The second-order valence-electron chi connectivity index (χ2n) is 5.18. The molecule has 0 fully saturated rings. The third-order valence-corrected chi connectivity index (χ3v) is 3.30. The van der Waals surface area contributed by atoms with Gasteiger partial charge < -0.3 is 9.64 Å². The van der Waals surface area contributed by atoms with E-state index in [9.17, 15) is 8.78 Å². The Balaban J connectivity index is 2.09. The molecule has 8 heteroatoms. The van der Waals surface area contributed by atoms with Crippen LogP contribution in [0.3, 0.4) is 0 Å². The number of hydrogen-bond donors (Lipinski definition) is 0. The maximum atomic E-state index is 12.7. The number of hydrogen-bond acceptors (Lipinski definition) is 5. The van der Waals surface area contributed by atoms with Crippen LogP contribution in [0.2, 0.25) is 0 Å². The largest absolute Gasteiger partial charge is 0.497 e. The highest BCUT2D eigenvalue weighted by Crippen LogP contribution is 2.18. The van der Waals surface area contributed by atoms with E-state index in [1.54, 1.807) is 7.11 Å². The first-order chi connectivity index (χ1) is 10.5. The van der Waals surface area contributed by atoms with Crippen molar-refractivity contribution in [2.45, 2.75) is 26.4 Å². The molecule has 1 atom stereocenters. The van der Waals surface area contributed by atoms with E-state index in [2.05, 4.69) is 15.5 Å². The summed E-state index contributed by atoms with van der Waals surface area (Å²) in [6.07, 6.45) is -2.40. The van der Waals surface area contributed by atoms with Gasteiger partial charge in [-0.1, -0.05) is 24.2 Å². The molecule has 22 heavy (non-hydrogen) atoms. The van der Waals surface area contributed by atoms with Gasteiger partial charge in [-0.2, -0.15) is 0 Å². The number of ether oxygens (including phenoxy) is 1. The minimum atomic E-state index is -2.40. The van der Waals surface area contributed by atoms with Gasteiger partial charge in [0.2, 0.25) is 12.4 Å². The highest BCUT2D eigenvalue weighted by molar-refractivity contribution is 5.33. The van der Waals surface area contributed by atoms with E-state index in [0.29, 0.717) is 12.5 Å². The minimum absolute atomic E-state index is 0.0719. The van der Waals surface area contributed by atoms with E-state index in [1.165, 1.54) is 11.6 Å². The number of anilines is 1. The Morgan fingerprint density at radius 2 is 2.14 bits per heavy atom. The standard InChI is InChI=1S/C14H19F2N5O/c1-10(13(15)16)8-21-14(17-18-19-21)20(2)9-11-5-4-6-12(7-11)22-3/h4-7,10,13H,8-9H2,1-3H3. The van der Waals surface area contributed by atoms with Gasteiger partial charge in [-0.3, -0.25) is 0 Å². The average Bonchev–Trinajstić information content (AvgIpc) is 2.95.